The Morgan fingerprint density at radius 2 is 2.38 bits per heavy atom. The lowest BCUT2D eigenvalue weighted by atomic mass is 9.84. The van der Waals surface area contributed by atoms with Crippen LogP contribution in [0, 0.1) is 22.7 Å². The lowest BCUT2D eigenvalue weighted by Gasteiger charge is -2.34. The third-order valence-electron chi connectivity index (χ3n) is 2.70. The number of hydrogen-bond acceptors (Lipinski definition) is 4. The molecule has 1 aliphatic rings. The molecule has 0 unspecified atom stereocenters. The van der Waals surface area contributed by atoms with E-state index in [4.69, 9.17) is 10.00 Å². The van der Waals surface area contributed by atoms with Crippen molar-refractivity contribution in [1.29, 1.82) is 5.26 Å². The minimum Gasteiger partial charge on any atom is -0.378 e. The maximum atomic E-state index is 9.10. The summed E-state index contributed by atoms with van der Waals surface area (Å²) in [7, 11) is 0. The Kier molecular flexibility index (Phi) is 3.27. The topological polar surface area (TPSA) is 45.9 Å². The van der Waals surface area contributed by atoms with Crippen molar-refractivity contribution >= 4 is 11.3 Å². The van der Waals surface area contributed by atoms with Crippen molar-refractivity contribution in [1.82, 2.24) is 4.98 Å². The number of aromatic nitrogens is 1. The van der Waals surface area contributed by atoms with Crippen molar-refractivity contribution in [2.24, 2.45) is 11.3 Å². The van der Waals surface area contributed by atoms with E-state index in [2.05, 4.69) is 30.3 Å². The summed E-state index contributed by atoms with van der Waals surface area (Å²) in [6.45, 7) is 5.50. The third-order valence-corrected chi connectivity index (χ3v) is 3.60. The maximum Gasteiger partial charge on any atom is 0.110 e. The van der Waals surface area contributed by atoms with Gasteiger partial charge in [0, 0.05) is 11.8 Å². The predicted octanol–water partition coefficient (Wildman–Crippen LogP) is 2.42. The van der Waals surface area contributed by atoms with Gasteiger partial charge in [-0.05, 0) is 12.3 Å². The second-order valence-electron chi connectivity index (χ2n) is 4.89. The zero-order chi connectivity index (χ0) is 11.6. The van der Waals surface area contributed by atoms with Gasteiger partial charge in [-0.2, -0.15) is 5.26 Å². The van der Waals surface area contributed by atoms with Crippen molar-refractivity contribution < 1.29 is 4.74 Å². The highest BCUT2D eigenvalue weighted by molar-refractivity contribution is 7.09. The van der Waals surface area contributed by atoms with Crippen molar-refractivity contribution in [2.75, 3.05) is 13.2 Å². The van der Waals surface area contributed by atoms with Crippen LogP contribution in [0.5, 0.6) is 0 Å². The minimum atomic E-state index is -0.299. The van der Waals surface area contributed by atoms with E-state index in [1.165, 1.54) is 0 Å². The second kappa shape index (κ2) is 4.52. The van der Waals surface area contributed by atoms with Crippen LogP contribution in [0.2, 0.25) is 0 Å². The molecule has 86 valence electrons. The zero-order valence-electron chi connectivity index (χ0n) is 9.69. The van der Waals surface area contributed by atoms with Crippen molar-refractivity contribution in [3.8, 4) is 6.07 Å². The van der Waals surface area contributed by atoms with Gasteiger partial charge < -0.3 is 4.74 Å². The Morgan fingerprint density at radius 3 is 2.88 bits per heavy atom. The Bertz CT molecular complexity index is 401. The van der Waals surface area contributed by atoms with Crippen LogP contribution < -0.4 is 0 Å². The van der Waals surface area contributed by atoms with Gasteiger partial charge >= 0.3 is 0 Å². The van der Waals surface area contributed by atoms with E-state index in [0.717, 1.165) is 23.5 Å². The molecular formula is C12H16N2OS. The molecule has 0 amide bonds. The summed E-state index contributed by atoms with van der Waals surface area (Å²) in [6, 6.07) is 2.36. The molecule has 0 bridgehead atoms. The van der Waals surface area contributed by atoms with Crippen LogP contribution in [0.1, 0.15) is 24.5 Å². The smallest absolute Gasteiger partial charge is 0.110 e. The number of nitriles is 1. The van der Waals surface area contributed by atoms with Gasteiger partial charge in [-0.15, -0.1) is 11.3 Å². The Morgan fingerprint density at radius 1 is 1.62 bits per heavy atom. The predicted molar refractivity (Wildman–Crippen MR) is 63.2 cm³/mol. The number of rotatable bonds is 4. The van der Waals surface area contributed by atoms with E-state index < -0.39 is 0 Å². The monoisotopic (exact) mass is 236 g/mol. The SMILES string of the molecule is CC(C)Cc1csc(CC2(C#N)COC2)n1. The van der Waals surface area contributed by atoms with Gasteiger partial charge in [0.2, 0.25) is 0 Å². The highest BCUT2D eigenvalue weighted by Crippen LogP contribution is 2.32. The van der Waals surface area contributed by atoms with Crippen molar-refractivity contribution in [3.05, 3.63) is 16.1 Å². The Balaban J connectivity index is 2.00. The average molecular weight is 236 g/mol. The van der Waals surface area contributed by atoms with Crippen LogP contribution in [-0.2, 0) is 17.6 Å². The summed E-state index contributed by atoms with van der Waals surface area (Å²) in [5.74, 6) is 0.631. The van der Waals surface area contributed by atoms with Crippen LogP contribution in [0.4, 0.5) is 0 Å². The number of hydrogen-bond donors (Lipinski definition) is 0. The van der Waals surface area contributed by atoms with Gasteiger partial charge in [-0.25, -0.2) is 4.98 Å². The summed E-state index contributed by atoms with van der Waals surface area (Å²) in [4.78, 5) is 4.58. The molecule has 0 N–H and O–H groups in total. The van der Waals surface area contributed by atoms with Gasteiger partial charge in [-0.1, -0.05) is 13.8 Å². The molecule has 4 heteroatoms. The van der Waals surface area contributed by atoms with Crippen LogP contribution in [0.3, 0.4) is 0 Å². The summed E-state index contributed by atoms with van der Waals surface area (Å²) in [6.07, 6.45) is 1.76. The fourth-order valence-electron chi connectivity index (χ4n) is 1.79. The van der Waals surface area contributed by atoms with Crippen molar-refractivity contribution in [3.63, 3.8) is 0 Å². The summed E-state index contributed by atoms with van der Waals surface area (Å²) < 4.78 is 5.13. The quantitative estimate of drug-likeness (QED) is 0.806. The van der Waals surface area contributed by atoms with Gasteiger partial charge in [-0.3, -0.25) is 0 Å². The first-order chi connectivity index (χ1) is 7.63. The first-order valence-corrected chi connectivity index (χ1v) is 6.44. The van der Waals surface area contributed by atoms with E-state index in [0.29, 0.717) is 19.1 Å². The van der Waals surface area contributed by atoms with E-state index >= 15 is 0 Å². The first-order valence-electron chi connectivity index (χ1n) is 5.56. The minimum absolute atomic E-state index is 0.299. The molecule has 0 atom stereocenters. The highest BCUT2D eigenvalue weighted by Gasteiger charge is 2.39. The molecule has 1 saturated heterocycles. The largest absolute Gasteiger partial charge is 0.378 e. The molecule has 1 aromatic rings. The maximum absolute atomic E-state index is 9.10. The third kappa shape index (κ3) is 2.42. The van der Waals surface area contributed by atoms with Crippen LogP contribution in [0.25, 0.3) is 0 Å². The molecule has 3 nitrogen and oxygen atoms in total. The number of ether oxygens (including phenoxy) is 1. The Labute approximate surface area is 100 Å². The van der Waals surface area contributed by atoms with Crippen LogP contribution in [-0.4, -0.2) is 18.2 Å². The lowest BCUT2D eigenvalue weighted by molar-refractivity contribution is -0.0765. The van der Waals surface area contributed by atoms with E-state index in [-0.39, 0.29) is 5.41 Å². The van der Waals surface area contributed by atoms with Gasteiger partial charge in [0.1, 0.15) is 5.41 Å². The van der Waals surface area contributed by atoms with Gasteiger partial charge in [0.05, 0.1) is 30.0 Å². The van der Waals surface area contributed by atoms with Gasteiger partial charge in [0.25, 0.3) is 0 Å². The Hall–Kier alpha value is -0.920. The molecule has 0 saturated carbocycles. The normalized spacial score (nSPS) is 18.1. The lowest BCUT2D eigenvalue weighted by Crippen LogP contribution is -2.43. The van der Waals surface area contributed by atoms with Crippen LogP contribution >= 0.6 is 11.3 Å². The molecule has 0 aliphatic carbocycles. The zero-order valence-corrected chi connectivity index (χ0v) is 10.5. The number of nitrogens with zero attached hydrogens (tertiary/aromatic N) is 2. The molecule has 2 heterocycles. The standard InChI is InChI=1S/C12H16N2OS/c1-9(2)3-10-5-16-11(14-10)4-12(6-13)7-15-8-12/h5,9H,3-4,7-8H2,1-2H3. The summed E-state index contributed by atoms with van der Waals surface area (Å²) in [5.41, 5.74) is 0.857. The second-order valence-corrected chi connectivity index (χ2v) is 5.83. The molecule has 0 aromatic carbocycles. The van der Waals surface area contributed by atoms with Crippen LogP contribution in [0.15, 0.2) is 5.38 Å². The molecule has 2 rings (SSSR count). The van der Waals surface area contributed by atoms with E-state index in [1.54, 1.807) is 11.3 Å². The van der Waals surface area contributed by atoms with Gasteiger partial charge in [0.15, 0.2) is 0 Å². The summed E-state index contributed by atoms with van der Waals surface area (Å²) in [5, 5.41) is 12.3. The molecule has 1 fully saturated rings. The first kappa shape index (κ1) is 11.6. The highest BCUT2D eigenvalue weighted by atomic mass is 32.1. The molecule has 1 aromatic heterocycles. The van der Waals surface area contributed by atoms with E-state index in [1.807, 2.05) is 0 Å². The molecule has 1 aliphatic heterocycles. The molecular weight excluding hydrogens is 220 g/mol. The fourth-order valence-corrected chi connectivity index (χ4v) is 2.74. The summed E-state index contributed by atoms with van der Waals surface area (Å²) >= 11 is 1.67. The van der Waals surface area contributed by atoms with Crippen molar-refractivity contribution in [2.45, 2.75) is 26.7 Å². The molecule has 0 radical (unpaired) electrons. The number of thiazole rings is 1. The average Bonchev–Trinajstić information content (AvgIpc) is 2.58. The fraction of sp³-hybridized carbons (Fsp3) is 0.667. The molecule has 0 spiro atoms. The molecule has 16 heavy (non-hydrogen) atoms. The van der Waals surface area contributed by atoms with E-state index in [9.17, 15) is 0 Å².